The Morgan fingerprint density at radius 1 is 1.00 bits per heavy atom. The first-order chi connectivity index (χ1) is 16.6. The van der Waals surface area contributed by atoms with E-state index in [-0.39, 0.29) is 5.78 Å². The lowest BCUT2D eigenvalue weighted by Crippen LogP contribution is -2.37. The molecule has 2 aliphatic rings. The summed E-state index contributed by atoms with van der Waals surface area (Å²) < 4.78 is 6.03. The molecule has 1 aromatic heterocycles. The van der Waals surface area contributed by atoms with Gasteiger partial charge in [0.05, 0.1) is 18.9 Å². The second-order valence-electron chi connectivity index (χ2n) is 8.64. The van der Waals surface area contributed by atoms with E-state index in [1.54, 1.807) is 30.6 Å². The number of rotatable bonds is 7. The van der Waals surface area contributed by atoms with Crippen LogP contribution < -0.4 is 4.90 Å². The molecule has 0 atom stereocenters. The molecule has 0 bridgehead atoms. The smallest absolute Gasteiger partial charge is 0.215 e. The highest BCUT2D eigenvalue weighted by molar-refractivity contribution is 5.91. The summed E-state index contributed by atoms with van der Waals surface area (Å²) in [6.45, 7) is 6.44. The van der Waals surface area contributed by atoms with Gasteiger partial charge in [-0.15, -0.1) is 0 Å². The summed E-state index contributed by atoms with van der Waals surface area (Å²) >= 11 is 0. The lowest BCUT2D eigenvalue weighted by atomic mass is 9.99. The quantitative estimate of drug-likeness (QED) is 0.235. The Labute approximate surface area is 198 Å². The van der Waals surface area contributed by atoms with Crippen LogP contribution in [0, 0.1) is 5.21 Å². The van der Waals surface area contributed by atoms with E-state index in [1.165, 1.54) is 5.57 Å². The molecule has 0 radical (unpaired) electrons. The van der Waals surface area contributed by atoms with E-state index in [1.807, 2.05) is 12.1 Å². The normalized spacial score (nSPS) is 15.1. The van der Waals surface area contributed by atoms with E-state index in [0.717, 1.165) is 66.5 Å². The topological polar surface area (TPSA) is 81.4 Å². The van der Waals surface area contributed by atoms with Gasteiger partial charge in [-0.2, -0.15) is 4.74 Å². The van der Waals surface area contributed by atoms with Crippen molar-refractivity contribution in [2.45, 2.75) is 19.3 Å². The van der Waals surface area contributed by atoms with Gasteiger partial charge in [0.15, 0.2) is 0 Å². The summed E-state index contributed by atoms with van der Waals surface area (Å²) in [5.41, 5.74) is 6.84. The summed E-state index contributed by atoms with van der Waals surface area (Å²) in [5, 5.41) is 11.2. The number of hydrogen-bond donors (Lipinski definition) is 0. The van der Waals surface area contributed by atoms with Crippen molar-refractivity contribution < 1.29 is 14.3 Å². The van der Waals surface area contributed by atoms with Gasteiger partial charge in [-0.05, 0) is 28.3 Å². The van der Waals surface area contributed by atoms with Crippen LogP contribution in [0.25, 0.3) is 11.6 Å². The van der Waals surface area contributed by atoms with E-state index in [9.17, 15) is 10.0 Å². The van der Waals surface area contributed by atoms with Gasteiger partial charge in [0, 0.05) is 50.0 Å². The molecule has 5 rings (SSSR count). The average Bonchev–Trinajstić information content (AvgIpc) is 3.30. The maximum Gasteiger partial charge on any atom is 0.215 e. The molecule has 0 amide bonds. The van der Waals surface area contributed by atoms with Gasteiger partial charge in [-0.3, -0.25) is 4.79 Å². The molecule has 0 saturated carbocycles. The maximum atomic E-state index is 12.6. The Hall–Kier alpha value is -3.84. The highest BCUT2D eigenvalue weighted by Gasteiger charge is 2.23. The van der Waals surface area contributed by atoms with Crippen LogP contribution in [0.5, 0.6) is 0 Å². The second kappa shape index (κ2) is 9.57. The number of anilines is 1. The summed E-state index contributed by atoms with van der Waals surface area (Å²) in [5.74, 6) is 1.11. The molecule has 1 saturated heterocycles. The number of fused-ring (bicyclic) bond motifs is 1. The number of ketones is 1. The standard InChI is InChI=1S/C27H26N4O3/c1-30(33)23-8-4-20(5-9-23)15-24(32)14-19-2-6-21(7-3-19)22-16-25-26(17-22)28-18-29-27(25)31-10-12-34-13-11-31/h2-9,16,18H,1,10-15,17H2. The van der Waals surface area contributed by atoms with Gasteiger partial charge in [-0.25, -0.2) is 9.97 Å². The number of aromatic nitrogens is 2. The first-order valence-corrected chi connectivity index (χ1v) is 11.4. The number of nitrogens with zero attached hydrogens (tertiary/aromatic N) is 4. The maximum absolute atomic E-state index is 12.6. The van der Waals surface area contributed by atoms with Gasteiger partial charge in [0.2, 0.25) is 5.69 Å². The summed E-state index contributed by atoms with van der Waals surface area (Å²) in [6.07, 6.45) is 5.33. The Kier molecular flexibility index (Phi) is 6.18. The number of Topliss-reactive ketones (excluding diaryl/α,β-unsaturated/α-hetero) is 1. The van der Waals surface area contributed by atoms with Crippen molar-refractivity contribution in [3.8, 4) is 0 Å². The SMILES string of the molecule is C=[N+]([O-])c1ccc(CC(=O)Cc2ccc(C3=Cc4c(ncnc4N4CCOCC4)C3)cc2)cc1. The number of morpholine rings is 1. The van der Waals surface area contributed by atoms with E-state index < -0.39 is 0 Å². The van der Waals surface area contributed by atoms with Crippen LogP contribution in [-0.2, 0) is 28.8 Å². The minimum atomic E-state index is 0.131. The van der Waals surface area contributed by atoms with Gasteiger partial charge < -0.3 is 14.8 Å². The van der Waals surface area contributed by atoms with Crippen LogP contribution >= 0.6 is 0 Å². The van der Waals surface area contributed by atoms with Crippen LogP contribution in [0.15, 0.2) is 54.9 Å². The largest absolute Gasteiger partial charge is 0.619 e. The molecule has 0 unspecified atom stereocenters. The molecule has 2 heterocycles. The van der Waals surface area contributed by atoms with Crippen LogP contribution in [-0.4, -0.2) is 53.5 Å². The number of allylic oxidation sites excluding steroid dienone is 1. The van der Waals surface area contributed by atoms with Gasteiger partial charge in [0.1, 0.15) is 24.6 Å². The molecule has 1 fully saturated rings. The van der Waals surface area contributed by atoms with Crippen molar-refractivity contribution in [1.82, 2.24) is 9.97 Å². The molecule has 7 nitrogen and oxygen atoms in total. The Morgan fingerprint density at radius 3 is 2.29 bits per heavy atom. The lowest BCUT2D eigenvalue weighted by Gasteiger charge is -2.28. The summed E-state index contributed by atoms with van der Waals surface area (Å²) in [7, 11) is 0. The average molecular weight is 455 g/mol. The van der Waals surface area contributed by atoms with Crippen molar-refractivity contribution >= 4 is 35.7 Å². The fourth-order valence-corrected chi connectivity index (χ4v) is 4.46. The summed E-state index contributed by atoms with van der Waals surface area (Å²) in [4.78, 5) is 23.9. The molecule has 7 heteroatoms. The molecule has 1 aliphatic carbocycles. The van der Waals surface area contributed by atoms with E-state index in [4.69, 9.17) is 4.74 Å². The van der Waals surface area contributed by atoms with E-state index in [0.29, 0.717) is 23.3 Å². The van der Waals surface area contributed by atoms with Crippen LogP contribution in [0.2, 0.25) is 0 Å². The lowest BCUT2D eigenvalue weighted by molar-refractivity contribution is -0.349. The molecule has 3 aromatic rings. The number of benzene rings is 2. The molecular formula is C27H26N4O3. The first-order valence-electron chi connectivity index (χ1n) is 11.4. The molecule has 34 heavy (non-hydrogen) atoms. The number of ether oxygens (including phenoxy) is 1. The molecule has 0 N–H and O–H groups in total. The van der Waals surface area contributed by atoms with Crippen LogP contribution in [0.4, 0.5) is 11.5 Å². The third kappa shape index (κ3) is 4.75. The number of carbonyl (C=O) groups excluding carboxylic acids is 1. The molecule has 0 spiro atoms. The van der Waals surface area contributed by atoms with Gasteiger partial charge in [0.25, 0.3) is 0 Å². The minimum absolute atomic E-state index is 0.131. The Bertz CT molecular complexity index is 1240. The molecule has 172 valence electrons. The van der Waals surface area contributed by atoms with E-state index >= 15 is 0 Å². The first kappa shape index (κ1) is 22.0. The van der Waals surface area contributed by atoms with Gasteiger partial charge in [-0.1, -0.05) is 36.4 Å². The number of carbonyl (C=O) groups is 1. The monoisotopic (exact) mass is 454 g/mol. The second-order valence-corrected chi connectivity index (χ2v) is 8.64. The fourth-order valence-electron chi connectivity index (χ4n) is 4.46. The third-order valence-electron chi connectivity index (χ3n) is 6.28. The molecule has 2 aromatic carbocycles. The van der Waals surface area contributed by atoms with E-state index in [2.05, 4.69) is 39.8 Å². The highest BCUT2D eigenvalue weighted by atomic mass is 16.5. The van der Waals surface area contributed by atoms with Crippen LogP contribution in [0.1, 0.15) is 27.9 Å². The van der Waals surface area contributed by atoms with Crippen molar-refractivity contribution in [3.05, 3.63) is 88.0 Å². The Morgan fingerprint density at radius 2 is 1.65 bits per heavy atom. The van der Waals surface area contributed by atoms with Crippen molar-refractivity contribution in [2.24, 2.45) is 0 Å². The fraction of sp³-hybridized carbons (Fsp3) is 0.259. The van der Waals surface area contributed by atoms with Crippen molar-refractivity contribution in [1.29, 1.82) is 0 Å². The minimum Gasteiger partial charge on any atom is -0.619 e. The molecular weight excluding hydrogens is 428 g/mol. The Balaban J connectivity index is 1.25. The highest BCUT2D eigenvalue weighted by Crippen LogP contribution is 2.35. The predicted molar refractivity (Wildman–Crippen MR) is 132 cm³/mol. The third-order valence-corrected chi connectivity index (χ3v) is 6.28. The van der Waals surface area contributed by atoms with Crippen molar-refractivity contribution in [2.75, 3.05) is 31.2 Å². The zero-order chi connectivity index (χ0) is 23.5. The zero-order valence-corrected chi connectivity index (χ0v) is 18.9. The van der Waals surface area contributed by atoms with Crippen LogP contribution in [0.3, 0.4) is 0 Å². The van der Waals surface area contributed by atoms with Gasteiger partial charge >= 0.3 is 0 Å². The summed E-state index contributed by atoms with van der Waals surface area (Å²) in [6, 6.07) is 15.1. The predicted octanol–water partition coefficient (Wildman–Crippen LogP) is 3.61. The number of hydrogen-bond acceptors (Lipinski definition) is 6. The zero-order valence-electron chi connectivity index (χ0n) is 18.9. The molecule has 1 aliphatic heterocycles. The van der Waals surface area contributed by atoms with Crippen molar-refractivity contribution in [3.63, 3.8) is 0 Å².